The van der Waals surface area contributed by atoms with E-state index in [-0.39, 0.29) is 0 Å². The van der Waals surface area contributed by atoms with Crippen LogP contribution in [0, 0.1) is 6.92 Å². The molecule has 2 heterocycles. The number of fused-ring (bicyclic) bond motifs is 1. The van der Waals surface area contributed by atoms with Crippen LogP contribution in [0.5, 0.6) is 5.75 Å². The summed E-state index contributed by atoms with van der Waals surface area (Å²) >= 11 is 0. The van der Waals surface area contributed by atoms with Gasteiger partial charge in [-0.25, -0.2) is 9.97 Å². The van der Waals surface area contributed by atoms with Gasteiger partial charge in [0.1, 0.15) is 11.6 Å². The topological polar surface area (TPSA) is 63.5 Å². The third-order valence-corrected chi connectivity index (χ3v) is 3.29. The first-order valence-electron chi connectivity index (χ1n) is 6.64. The molecule has 1 aromatic carbocycles. The van der Waals surface area contributed by atoms with Gasteiger partial charge in [-0.2, -0.15) is 0 Å². The summed E-state index contributed by atoms with van der Waals surface area (Å²) in [5, 5.41) is 6.35. The van der Waals surface area contributed by atoms with Gasteiger partial charge in [0.15, 0.2) is 11.5 Å². The maximum atomic E-state index is 5.27. The Kier molecular flexibility index (Phi) is 3.35. The number of imidazole rings is 1. The van der Waals surface area contributed by atoms with Crippen molar-refractivity contribution in [2.45, 2.75) is 6.92 Å². The lowest BCUT2D eigenvalue weighted by Gasteiger charge is -2.11. The molecular weight excluding hydrogens is 266 g/mol. The van der Waals surface area contributed by atoms with Gasteiger partial charge in [-0.15, -0.1) is 0 Å². The molecule has 0 saturated heterocycles. The van der Waals surface area contributed by atoms with Gasteiger partial charge in [0.25, 0.3) is 0 Å². The maximum absolute atomic E-state index is 5.27. The number of hydrogen-bond acceptors (Lipinski definition) is 5. The second kappa shape index (κ2) is 5.32. The van der Waals surface area contributed by atoms with E-state index in [1.165, 1.54) is 0 Å². The Balaban J connectivity index is 2.01. The summed E-state index contributed by atoms with van der Waals surface area (Å²) < 4.78 is 7.20. The second-order valence-electron chi connectivity index (χ2n) is 4.69. The fraction of sp³-hybridized carbons (Fsp3) is 0.200. The van der Waals surface area contributed by atoms with E-state index in [1.54, 1.807) is 13.3 Å². The van der Waals surface area contributed by atoms with Crippen molar-refractivity contribution in [1.82, 2.24) is 14.4 Å². The van der Waals surface area contributed by atoms with Crippen molar-refractivity contribution < 1.29 is 4.74 Å². The first-order valence-corrected chi connectivity index (χ1v) is 6.64. The van der Waals surface area contributed by atoms with Crippen molar-refractivity contribution >= 4 is 23.0 Å². The van der Waals surface area contributed by atoms with Gasteiger partial charge in [0.05, 0.1) is 13.3 Å². The number of aryl methyl sites for hydroxylation is 1. The highest BCUT2D eigenvalue weighted by Gasteiger charge is 2.08. The number of rotatable bonds is 4. The molecule has 3 aromatic rings. The summed E-state index contributed by atoms with van der Waals surface area (Å²) in [5.74, 6) is 2.34. The Hall–Kier alpha value is -2.76. The van der Waals surface area contributed by atoms with Crippen LogP contribution < -0.4 is 15.4 Å². The molecule has 0 fully saturated rings. The van der Waals surface area contributed by atoms with E-state index in [0.717, 1.165) is 28.5 Å². The maximum Gasteiger partial charge on any atom is 0.180 e. The second-order valence-corrected chi connectivity index (χ2v) is 4.69. The molecule has 0 bridgehead atoms. The molecule has 0 aliphatic rings. The molecule has 2 aromatic heterocycles. The van der Waals surface area contributed by atoms with E-state index < -0.39 is 0 Å². The highest BCUT2D eigenvalue weighted by atomic mass is 16.5. The molecule has 2 N–H and O–H groups in total. The van der Waals surface area contributed by atoms with Crippen molar-refractivity contribution in [1.29, 1.82) is 0 Å². The Morgan fingerprint density at radius 3 is 2.86 bits per heavy atom. The Morgan fingerprint density at radius 2 is 2.14 bits per heavy atom. The summed E-state index contributed by atoms with van der Waals surface area (Å²) in [6.07, 6.45) is 5.54. The van der Waals surface area contributed by atoms with Gasteiger partial charge in [0.2, 0.25) is 0 Å². The zero-order valence-electron chi connectivity index (χ0n) is 12.2. The largest absolute Gasteiger partial charge is 0.496 e. The summed E-state index contributed by atoms with van der Waals surface area (Å²) in [7, 11) is 3.51. The van der Waals surface area contributed by atoms with E-state index in [9.17, 15) is 0 Å². The molecule has 0 unspecified atom stereocenters. The van der Waals surface area contributed by atoms with Crippen LogP contribution in [0.25, 0.3) is 5.65 Å². The lowest BCUT2D eigenvalue weighted by molar-refractivity contribution is 0.412. The molecule has 0 saturated carbocycles. The summed E-state index contributed by atoms with van der Waals surface area (Å²) in [4.78, 5) is 8.85. The molecule has 0 amide bonds. The average Bonchev–Trinajstić information content (AvgIpc) is 2.96. The molecule has 0 spiro atoms. The fourth-order valence-electron chi connectivity index (χ4n) is 2.23. The predicted molar refractivity (Wildman–Crippen MR) is 83.5 cm³/mol. The SMILES string of the molecule is CNc1cn2ccnc2c(Nc2ccc(OC)c(C)c2)n1. The number of ether oxygens (including phenoxy) is 1. The summed E-state index contributed by atoms with van der Waals surface area (Å²) in [6, 6.07) is 5.91. The molecule has 6 heteroatoms. The summed E-state index contributed by atoms with van der Waals surface area (Å²) in [5.41, 5.74) is 2.79. The average molecular weight is 283 g/mol. The smallest absolute Gasteiger partial charge is 0.180 e. The summed E-state index contributed by atoms with van der Waals surface area (Å²) in [6.45, 7) is 2.01. The van der Waals surface area contributed by atoms with Gasteiger partial charge in [-0.1, -0.05) is 0 Å². The van der Waals surface area contributed by atoms with Gasteiger partial charge >= 0.3 is 0 Å². The van der Waals surface area contributed by atoms with Crippen LogP contribution in [-0.2, 0) is 0 Å². The Bertz CT molecular complexity index is 781. The molecule has 0 atom stereocenters. The van der Waals surface area contributed by atoms with Crippen molar-refractivity contribution in [2.75, 3.05) is 24.8 Å². The van der Waals surface area contributed by atoms with Gasteiger partial charge in [-0.05, 0) is 30.7 Å². The zero-order valence-corrected chi connectivity index (χ0v) is 12.2. The number of aromatic nitrogens is 3. The lowest BCUT2D eigenvalue weighted by atomic mass is 10.2. The first kappa shape index (κ1) is 13.2. The molecule has 3 rings (SSSR count). The van der Waals surface area contributed by atoms with E-state index in [2.05, 4.69) is 20.6 Å². The van der Waals surface area contributed by atoms with Crippen LogP contribution in [0.1, 0.15) is 5.56 Å². The number of methoxy groups -OCH3 is 1. The number of benzene rings is 1. The molecule has 0 radical (unpaired) electrons. The molecule has 0 aliphatic carbocycles. The molecule has 21 heavy (non-hydrogen) atoms. The van der Waals surface area contributed by atoms with Crippen molar-refractivity contribution in [2.24, 2.45) is 0 Å². The van der Waals surface area contributed by atoms with Crippen molar-refractivity contribution in [3.05, 3.63) is 42.4 Å². The Labute approximate surface area is 122 Å². The minimum absolute atomic E-state index is 0.705. The third kappa shape index (κ3) is 2.47. The Morgan fingerprint density at radius 1 is 1.29 bits per heavy atom. The molecular formula is C15H17N5O. The lowest BCUT2D eigenvalue weighted by Crippen LogP contribution is -2.02. The molecule has 6 nitrogen and oxygen atoms in total. The van der Waals surface area contributed by atoms with Gasteiger partial charge < -0.3 is 19.8 Å². The highest BCUT2D eigenvalue weighted by Crippen LogP contribution is 2.25. The number of hydrogen-bond donors (Lipinski definition) is 2. The fourth-order valence-corrected chi connectivity index (χ4v) is 2.23. The van der Waals surface area contributed by atoms with Crippen LogP contribution in [-0.4, -0.2) is 28.5 Å². The van der Waals surface area contributed by atoms with E-state index in [1.807, 2.05) is 49.0 Å². The van der Waals surface area contributed by atoms with Crippen LogP contribution in [0.3, 0.4) is 0 Å². The van der Waals surface area contributed by atoms with Gasteiger partial charge in [-0.3, -0.25) is 0 Å². The standard InChI is InChI=1S/C15H17N5O/c1-10-8-11(4-5-12(10)21-3)18-14-15-17-6-7-20(15)9-13(16-2)19-14/h4-9,16H,1-3H3,(H,18,19). The van der Waals surface area contributed by atoms with Crippen molar-refractivity contribution in [3.8, 4) is 5.75 Å². The van der Waals surface area contributed by atoms with Crippen molar-refractivity contribution in [3.63, 3.8) is 0 Å². The number of nitrogens with zero attached hydrogens (tertiary/aromatic N) is 3. The quantitative estimate of drug-likeness (QED) is 0.771. The monoisotopic (exact) mass is 283 g/mol. The predicted octanol–water partition coefficient (Wildman–Crippen LogP) is 2.83. The number of anilines is 3. The van der Waals surface area contributed by atoms with E-state index in [0.29, 0.717) is 5.82 Å². The zero-order chi connectivity index (χ0) is 14.8. The highest BCUT2D eigenvalue weighted by molar-refractivity contribution is 5.72. The molecule has 0 aliphatic heterocycles. The molecule has 108 valence electrons. The third-order valence-electron chi connectivity index (χ3n) is 3.29. The van der Waals surface area contributed by atoms with Crippen LogP contribution in [0.4, 0.5) is 17.3 Å². The minimum atomic E-state index is 0.705. The van der Waals surface area contributed by atoms with Crippen LogP contribution in [0.15, 0.2) is 36.8 Å². The van der Waals surface area contributed by atoms with E-state index >= 15 is 0 Å². The first-order chi connectivity index (χ1) is 10.2. The van der Waals surface area contributed by atoms with E-state index in [4.69, 9.17) is 4.74 Å². The number of nitrogens with one attached hydrogen (secondary N) is 2. The van der Waals surface area contributed by atoms with Crippen LogP contribution >= 0.6 is 0 Å². The van der Waals surface area contributed by atoms with Gasteiger partial charge in [0, 0.05) is 25.1 Å². The normalized spacial score (nSPS) is 10.6. The van der Waals surface area contributed by atoms with Crippen LogP contribution in [0.2, 0.25) is 0 Å². The minimum Gasteiger partial charge on any atom is -0.496 e.